The quantitative estimate of drug-likeness (QED) is 0.657. The highest BCUT2D eigenvalue weighted by atomic mass is 16.5. The number of nitrogens with zero attached hydrogens (tertiary/aromatic N) is 8. The average Bonchev–Trinajstić information content (AvgIpc) is 3.25. The minimum absolute atomic E-state index is 0.0811. The average molecular weight is 354 g/mol. The smallest absolute Gasteiger partial charge is 0.274 e. The Morgan fingerprint density at radius 1 is 1.31 bits per heavy atom. The fourth-order valence-electron chi connectivity index (χ4n) is 3.29. The molecule has 0 N–H and O–H groups in total. The zero-order valence-electron chi connectivity index (χ0n) is 14.3. The van der Waals surface area contributed by atoms with Crippen molar-refractivity contribution in [3.05, 3.63) is 30.2 Å². The van der Waals surface area contributed by atoms with Crippen LogP contribution in [0.15, 0.2) is 24.5 Å². The van der Waals surface area contributed by atoms with E-state index in [1.807, 2.05) is 19.2 Å². The molecule has 3 aromatic heterocycles. The molecule has 0 unspecified atom stereocenters. The van der Waals surface area contributed by atoms with Crippen LogP contribution < -0.4 is 9.64 Å². The van der Waals surface area contributed by atoms with Crippen molar-refractivity contribution in [1.29, 1.82) is 0 Å². The molecule has 0 saturated carbocycles. The lowest BCUT2D eigenvalue weighted by Crippen LogP contribution is -2.60. The molecule has 2 aliphatic heterocycles. The lowest BCUT2D eigenvalue weighted by molar-refractivity contribution is 0.0698. The molecule has 0 radical (unpaired) electrons. The number of ether oxygens (including phenoxy) is 1. The number of carbonyl (C=O) groups is 1. The highest BCUT2D eigenvalue weighted by Crippen LogP contribution is 2.24. The molecule has 1 fully saturated rings. The first-order valence-electron chi connectivity index (χ1n) is 8.59. The summed E-state index contributed by atoms with van der Waals surface area (Å²) < 4.78 is 8.94. The number of carbonyl (C=O) groups excluding carboxylic acids is 1. The third-order valence-electron chi connectivity index (χ3n) is 4.93. The van der Waals surface area contributed by atoms with Gasteiger partial charge in [-0.25, -0.2) is 4.68 Å². The first-order chi connectivity index (χ1) is 12.7. The van der Waals surface area contributed by atoms with Gasteiger partial charge in [-0.2, -0.15) is 9.61 Å². The first kappa shape index (κ1) is 15.1. The number of anilines is 1. The molecule has 0 bridgehead atoms. The molecular weight excluding hydrogens is 336 g/mol. The standard InChI is InChI=1S/C16H18N8O2/c1-21(16(25)12-7-15-23(19-12)5-2-6-26-15)11-8-22(9-11)14-4-3-13-18-17-10-24(13)20-14/h3-4,7,10-11H,2,5-6,8-9H2,1H3. The number of fused-ring (bicyclic) bond motifs is 2. The SMILES string of the molecule is CN(C(=O)c1cc2n(n1)CCCO2)C1CN(c2ccc3nncn3n2)C1. The van der Waals surface area contributed by atoms with Crippen molar-refractivity contribution >= 4 is 17.4 Å². The maximum Gasteiger partial charge on any atom is 0.274 e. The number of aromatic nitrogens is 6. The summed E-state index contributed by atoms with van der Waals surface area (Å²) >= 11 is 0. The highest BCUT2D eigenvalue weighted by Gasteiger charge is 2.35. The second-order valence-electron chi connectivity index (χ2n) is 6.59. The minimum atomic E-state index is -0.0811. The second-order valence-corrected chi connectivity index (χ2v) is 6.59. The van der Waals surface area contributed by atoms with Gasteiger partial charge in [-0.05, 0) is 12.1 Å². The Labute approximate surface area is 149 Å². The Morgan fingerprint density at radius 3 is 3.04 bits per heavy atom. The van der Waals surface area contributed by atoms with Crippen LogP contribution in [-0.2, 0) is 6.54 Å². The van der Waals surface area contributed by atoms with Gasteiger partial charge in [0.15, 0.2) is 11.3 Å². The monoisotopic (exact) mass is 354 g/mol. The van der Waals surface area contributed by atoms with Gasteiger partial charge in [-0.1, -0.05) is 0 Å². The molecule has 5 heterocycles. The molecule has 1 amide bonds. The van der Waals surface area contributed by atoms with E-state index in [2.05, 4.69) is 25.3 Å². The van der Waals surface area contributed by atoms with Gasteiger partial charge in [0, 0.05) is 39.2 Å². The maximum atomic E-state index is 12.7. The summed E-state index contributed by atoms with van der Waals surface area (Å²) in [6, 6.07) is 5.66. The van der Waals surface area contributed by atoms with Gasteiger partial charge in [0.1, 0.15) is 12.1 Å². The van der Waals surface area contributed by atoms with E-state index >= 15 is 0 Å². The number of aryl methyl sites for hydroxylation is 1. The van der Waals surface area contributed by atoms with Crippen molar-refractivity contribution < 1.29 is 9.53 Å². The first-order valence-corrected chi connectivity index (χ1v) is 8.59. The Kier molecular flexibility index (Phi) is 3.30. The van der Waals surface area contributed by atoms with E-state index in [-0.39, 0.29) is 11.9 Å². The molecule has 1 saturated heterocycles. The van der Waals surface area contributed by atoms with Crippen LogP contribution >= 0.6 is 0 Å². The second kappa shape index (κ2) is 5.68. The van der Waals surface area contributed by atoms with Gasteiger partial charge >= 0.3 is 0 Å². The van der Waals surface area contributed by atoms with Crippen molar-refractivity contribution in [2.45, 2.75) is 19.0 Å². The van der Waals surface area contributed by atoms with Crippen molar-refractivity contribution in [2.24, 2.45) is 0 Å². The van der Waals surface area contributed by atoms with Gasteiger partial charge in [0.25, 0.3) is 5.91 Å². The van der Waals surface area contributed by atoms with E-state index in [4.69, 9.17) is 4.74 Å². The molecule has 0 aromatic carbocycles. The van der Waals surface area contributed by atoms with Crippen LogP contribution in [0.1, 0.15) is 16.9 Å². The molecule has 0 aliphatic carbocycles. The zero-order chi connectivity index (χ0) is 17.7. The van der Waals surface area contributed by atoms with Crippen LogP contribution in [0.25, 0.3) is 5.65 Å². The summed E-state index contributed by atoms with van der Waals surface area (Å²) in [6.45, 7) is 2.93. The van der Waals surface area contributed by atoms with Crippen molar-refractivity contribution in [3.8, 4) is 5.88 Å². The summed E-state index contributed by atoms with van der Waals surface area (Å²) in [6.07, 6.45) is 2.49. The fraction of sp³-hybridized carbons (Fsp3) is 0.438. The van der Waals surface area contributed by atoms with E-state index in [0.717, 1.165) is 31.9 Å². The van der Waals surface area contributed by atoms with E-state index in [1.165, 1.54) is 0 Å². The Bertz CT molecular complexity index is 950. The number of rotatable bonds is 3. The molecule has 26 heavy (non-hydrogen) atoms. The molecule has 134 valence electrons. The highest BCUT2D eigenvalue weighted by molar-refractivity contribution is 5.93. The van der Waals surface area contributed by atoms with Gasteiger partial charge in [-0.3, -0.25) is 4.79 Å². The summed E-state index contributed by atoms with van der Waals surface area (Å²) in [5, 5.41) is 16.6. The molecule has 0 atom stereocenters. The topological polar surface area (TPSA) is 93.7 Å². The van der Waals surface area contributed by atoms with Gasteiger partial charge in [-0.15, -0.1) is 15.3 Å². The van der Waals surface area contributed by atoms with Crippen LogP contribution in [0.3, 0.4) is 0 Å². The van der Waals surface area contributed by atoms with Crippen molar-refractivity contribution in [1.82, 2.24) is 34.5 Å². The third-order valence-corrected chi connectivity index (χ3v) is 4.93. The molecule has 2 aliphatic rings. The summed E-state index contributed by atoms with van der Waals surface area (Å²) in [4.78, 5) is 16.6. The zero-order valence-corrected chi connectivity index (χ0v) is 14.3. The molecule has 10 nitrogen and oxygen atoms in total. The summed E-state index contributed by atoms with van der Waals surface area (Å²) in [5.74, 6) is 1.44. The predicted molar refractivity (Wildman–Crippen MR) is 91.2 cm³/mol. The molecule has 0 spiro atoms. The van der Waals surface area contributed by atoms with Crippen LogP contribution in [0, 0.1) is 0 Å². The van der Waals surface area contributed by atoms with Crippen LogP contribution in [0.4, 0.5) is 5.82 Å². The molecular formula is C16H18N8O2. The van der Waals surface area contributed by atoms with Crippen LogP contribution in [0.5, 0.6) is 5.88 Å². The van der Waals surface area contributed by atoms with Gasteiger partial charge in [0.05, 0.1) is 12.6 Å². The Balaban J connectivity index is 1.26. The van der Waals surface area contributed by atoms with Gasteiger partial charge in [0.2, 0.25) is 5.88 Å². The molecule has 10 heteroatoms. The number of hydrogen-bond acceptors (Lipinski definition) is 7. The molecule has 3 aromatic rings. The maximum absolute atomic E-state index is 12.7. The number of amides is 1. The fourth-order valence-corrected chi connectivity index (χ4v) is 3.29. The van der Waals surface area contributed by atoms with Crippen LogP contribution in [-0.4, -0.2) is 73.2 Å². The summed E-state index contributed by atoms with van der Waals surface area (Å²) in [5.41, 5.74) is 1.15. The largest absolute Gasteiger partial charge is 0.478 e. The minimum Gasteiger partial charge on any atom is -0.478 e. The van der Waals surface area contributed by atoms with Crippen LogP contribution in [0.2, 0.25) is 0 Å². The van der Waals surface area contributed by atoms with Crippen molar-refractivity contribution in [3.63, 3.8) is 0 Å². The number of hydrogen-bond donors (Lipinski definition) is 0. The van der Waals surface area contributed by atoms with Gasteiger partial charge < -0.3 is 14.5 Å². The Morgan fingerprint density at radius 2 is 2.19 bits per heavy atom. The lowest BCUT2D eigenvalue weighted by atomic mass is 10.1. The van der Waals surface area contributed by atoms with E-state index < -0.39 is 0 Å². The van der Waals surface area contributed by atoms with E-state index in [1.54, 1.807) is 26.5 Å². The number of likely N-dealkylation sites (N-methyl/N-ethyl adjacent to an activating group) is 1. The third kappa shape index (κ3) is 2.37. The molecule has 5 rings (SSSR count). The van der Waals surface area contributed by atoms with E-state index in [9.17, 15) is 4.79 Å². The Hall–Kier alpha value is -3.17. The summed E-state index contributed by atoms with van der Waals surface area (Å²) in [7, 11) is 1.82. The predicted octanol–water partition coefficient (Wildman–Crippen LogP) is 0.0641. The lowest BCUT2D eigenvalue weighted by Gasteiger charge is -2.44. The normalized spacial score (nSPS) is 16.9. The van der Waals surface area contributed by atoms with Crippen molar-refractivity contribution in [2.75, 3.05) is 31.6 Å². The van der Waals surface area contributed by atoms with E-state index in [0.29, 0.717) is 23.8 Å².